The van der Waals surface area contributed by atoms with Crippen LogP contribution in [0.3, 0.4) is 0 Å². The minimum atomic E-state index is -2.96. The van der Waals surface area contributed by atoms with Gasteiger partial charge in [0.15, 0.2) is 21.5 Å². The third kappa shape index (κ3) is 3.99. The van der Waals surface area contributed by atoms with Gasteiger partial charge in [0.2, 0.25) is 0 Å². The maximum absolute atomic E-state index is 13.6. The lowest BCUT2D eigenvalue weighted by atomic mass is 10.1. The zero-order chi connectivity index (χ0) is 15.6. The van der Waals surface area contributed by atoms with E-state index in [9.17, 15) is 22.3 Å². The largest absolute Gasteiger partial charge is 0.388 e. The fourth-order valence-electron chi connectivity index (χ4n) is 2.56. The minimum Gasteiger partial charge on any atom is -0.388 e. The van der Waals surface area contributed by atoms with Crippen LogP contribution in [0.5, 0.6) is 0 Å². The molecule has 0 bridgehead atoms. The van der Waals surface area contributed by atoms with Crippen molar-refractivity contribution in [2.75, 3.05) is 25.1 Å². The summed E-state index contributed by atoms with van der Waals surface area (Å²) < 4.78 is 49.5. The quantitative estimate of drug-likeness (QED) is 0.894. The molecule has 1 aromatic rings. The van der Waals surface area contributed by atoms with Gasteiger partial charge in [0.25, 0.3) is 0 Å². The van der Waals surface area contributed by atoms with Crippen LogP contribution in [0.1, 0.15) is 24.5 Å². The lowest BCUT2D eigenvalue weighted by molar-refractivity contribution is 0.135. The van der Waals surface area contributed by atoms with Crippen molar-refractivity contribution in [3.05, 3.63) is 35.4 Å². The Hall–Kier alpha value is -1.05. The number of aliphatic hydroxyl groups is 1. The molecule has 2 unspecified atom stereocenters. The highest BCUT2D eigenvalue weighted by Crippen LogP contribution is 2.23. The predicted molar refractivity (Wildman–Crippen MR) is 75.6 cm³/mol. The summed E-state index contributed by atoms with van der Waals surface area (Å²) in [6.45, 7) is 0.414. The number of benzene rings is 1. The van der Waals surface area contributed by atoms with Gasteiger partial charge < -0.3 is 10.0 Å². The van der Waals surface area contributed by atoms with E-state index in [1.165, 1.54) is 12.1 Å². The normalized spacial score (nSPS) is 22.6. The molecular weight excluding hydrogens is 300 g/mol. The molecule has 0 aliphatic carbocycles. The van der Waals surface area contributed by atoms with Crippen LogP contribution in [-0.2, 0) is 9.84 Å². The zero-order valence-corrected chi connectivity index (χ0v) is 12.6. The van der Waals surface area contributed by atoms with Crippen LogP contribution >= 0.6 is 0 Å². The van der Waals surface area contributed by atoms with Gasteiger partial charge in [0.1, 0.15) is 0 Å². The van der Waals surface area contributed by atoms with Crippen LogP contribution in [-0.4, -0.2) is 49.6 Å². The Bertz CT molecular complexity index is 606. The molecule has 1 aliphatic rings. The van der Waals surface area contributed by atoms with Crippen molar-refractivity contribution in [3.63, 3.8) is 0 Å². The fourth-order valence-corrected chi connectivity index (χ4v) is 4.37. The summed E-state index contributed by atoms with van der Waals surface area (Å²) in [6, 6.07) is 3.63. The molecule has 4 nitrogen and oxygen atoms in total. The molecule has 118 valence electrons. The van der Waals surface area contributed by atoms with E-state index in [1.54, 1.807) is 7.05 Å². The Labute approximate surface area is 123 Å². The number of halogens is 2. The zero-order valence-electron chi connectivity index (χ0n) is 11.8. The molecule has 0 spiro atoms. The SMILES string of the molecule is CN(CCC(O)c1cccc(F)c1F)C1CCS(=O)(=O)C1. The average Bonchev–Trinajstić information content (AvgIpc) is 2.79. The molecule has 0 aromatic heterocycles. The van der Waals surface area contributed by atoms with Crippen molar-refractivity contribution in [2.45, 2.75) is 25.0 Å². The van der Waals surface area contributed by atoms with Crippen LogP contribution < -0.4 is 0 Å². The summed E-state index contributed by atoms with van der Waals surface area (Å²) >= 11 is 0. The molecule has 1 fully saturated rings. The highest BCUT2D eigenvalue weighted by Gasteiger charge is 2.30. The first-order valence-electron chi connectivity index (χ1n) is 6.83. The summed E-state index contributed by atoms with van der Waals surface area (Å²) in [6.07, 6.45) is -0.322. The lowest BCUT2D eigenvalue weighted by Gasteiger charge is -2.24. The highest BCUT2D eigenvalue weighted by molar-refractivity contribution is 7.91. The third-order valence-electron chi connectivity index (χ3n) is 3.93. The summed E-state index contributed by atoms with van der Waals surface area (Å²) in [5, 5.41) is 9.97. The fraction of sp³-hybridized carbons (Fsp3) is 0.571. The molecule has 2 rings (SSSR count). The molecular formula is C14H19F2NO3S. The monoisotopic (exact) mass is 319 g/mol. The average molecular weight is 319 g/mol. The molecule has 1 N–H and O–H groups in total. The van der Waals surface area contributed by atoms with Gasteiger partial charge in [-0.25, -0.2) is 17.2 Å². The molecule has 1 aromatic carbocycles. The van der Waals surface area contributed by atoms with Crippen LogP contribution in [0, 0.1) is 11.6 Å². The standard InChI is InChI=1S/C14H19F2NO3S/c1-17(10-6-8-21(19,20)9-10)7-5-13(18)11-3-2-4-12(15)14(11)16/h2-4,10,13,18H,5-9H2,1H3. The van der Waals surface area contributed by atoms with Crippen LogP contribution in [0.25, 0.3) is 0 Å². The Morgan fingerprint density at radius 1 is 1.43 bits per heavy atom. The maximum atomic E-state index is 13.6. The van der Waals surface area contributed by atoms with E-state index in [4.69, 9.17) is 0 Å². The van der Waals surface area contributed by atoms with Gasteiger partial charge in [-0.15, -0.1) is 0 Å². The van der Waals surface area contributed by atoms with Crippen LogP contribution in [0.15, 0.2) is 18.2 Å². The molecule has 0 radical (unpaired) electrons. The molecule has 0 saturated carbocycles. The number of aliphatic hydroxyl groups excluding tert-OH is 1. The van der Waals surface area contributed by atoms with E-state index in [0.29, 0.717) is 13.0 Å². The van der Waals surface area contributed by atoms with E-state index in [-0.39, 0.29) is 29.5 Å². The number of hydrogen-bond acceptors (Lipinski definition) is 4. The van der Waals surface area contributed by atoms with Crippen LogP contribution in [0.2, 0.25) is 0 Å². The first-order valence-corrected chi connectivity index (χ1v) is 8.65. The number of rotatable bonds is 5. The van der Waals surface area contributed by atoms with E-state index in [0.717, 1.165) is 6.07 Å². The number of nitrogens with zero attached hydrogens (tertiary/aromatic N) is 1. The molecule has 1 heterocycles. The Balaban J connectivity index is 1.92. The summed E-state index contributed by atoms with van der Waals surface area (Å²) in [5.41, 5.74) is -0.0672. The Morgan fingerprint density at radius 2 is 2.14 bits per heavy atom. The second kappa shape index (κ2) is 6.37. The number of hydrogen-bond donors (Lipinski definition) is 1. The molecule has 1 aliphatic heterocycles. The summed E-state index contributed by atoms with van der Waals surface area (Å²) in [4.78, 5) is 1.85. The molecule has 7 heteroatoms. The van der Waals surface area contributed by atoms with Crippen molar-refractivity contribution >= 4 is 9.84 Å². The van der Waals surface area contributed by atoms with Crippen molar-refractivity contribution in [1.29, 1.82) is 0 Å². The van der Waals surface area contributed by atoms with Gasteiger partial charge in [-0.05, 0) is 26.0 Å². The smallest absolute Gasteiger partial charge is 0.164 e. The van der Waals surface area contributed by atoms with Crippen molar-refractivity contribution in [2.24, 2.45) is 0 Å². The Kier molecular flexibility index (Phi) is 4.95. The summed E-state index contributed by atoms with van der Waals surface area (Å²) in [7, 11) is -1.18. The van der Waals surface area contributed by atoms with E-state index >= 15 is 0 Å². The Morgan fingerprint density at radius 3 is 2.76 bits per heavy atom. The minimum absolute atomic E-state index is 0.0672. The van der Waals surface area contributed by atoms with Gasteiger partial charge in [0, 0.05) is 18.2 Å². The van der Waals surface area contributed by atoms with Gasteiger partial charge in [-0.1, -0.05) is 12.1 Å². The second-order valence-corrected chi connectivity index (χ2v) is 7.71. The van der Waals surface area contributed by atoms with E-state index in [2.05, 4.69) is 0 Å². The molecule has 1 saturated heterocycles. The molecule has 2 atom stereocenters. The van der Waals surface area contributed by atoms with Gasteiger partial charge in [0.05, 0.1) is 17.6 Å². The second-order valence-electron chi connectivity index (χ2n) is 5.48. The first kappa shape index (κ1) is 16.3. The van der Waals surface area contributed by atoms with Gasteiger partial charge in [-0.3, -0.25) is 0 Å². The van der Waals surface area contributed by atoms with Crippen molar-refractivity contribution < 1.29 is 22.3 Å². The van der Waals surface area contributed by atoms with Gasteiger partial charge >= 0.3 is 0 Å². The predicted octanol–water partition coefficient (Wildman–Crippen LogP) is 1.51. The van der Waals surface area contributed by atoms with Crippen LogP contribution in [0.4, 0.5) is 8.78 Å². The molecule has 21 heavy (non-hydrogen) atoms. The number of sulfone groups is 1. The molecule has 0 amide bonds. The highest BCUT2D eigenvalue weighted by atomic mass is 32.2. The van der Waals surface area contributed by atoms with E-state index < -0.39 is 27.6 Å². The lowest BCUT2D eigenvalue weighted by Crippen LogP contribution is -2.34. The van der Waals surface area contributed by atoms with Crippen molar-refractivity contribution in [3.8, 4) is 0 Å². The van der Waals surface area contributed by atoms with E-state index in [1.807, 2.05) is 4.90 Å². The topological polar surface area (TPSA) is 57.6 Å². The summed E-state index contributed by atoms with van der Waals surface area (Å²) in [5.74, 6) is -1.71. The van der Waals surface area contributed by atoms with Gasteiger partial charge in [-0.2, -0.15) is 0 Å². The third-order valence-corrected chi connectivity index (χ3v) is 5.68. The van der Waals surface area contributed by atoms with Crippen molar-refractivity contribution in [1.82, 2.24) is 4.90 Å². The first-order chi connectivity index (χ1) is 9.80. The maximum Gasteiger partial charge on any atom is 0.164 e.